The maximum Gasteiger partial charge on any atom is 0.0294 e. The number of unbranched alkanes of at least 4 members (excludes halogenated alkanes) is 2. The summed E-state index contributed by atoms with van der Waals surface area (Å²) in [6.45, 7) is 6.51. The molecule has 16 heavy (non-hydrogen) atoms. The third kappa shape index (κ3) is 4.54. The molecule has 0 saturated heterocycles. The molecule has 0 aliphatic heterocycles. The number of rotatable bonds is 5. The summed E-state index contributed by atoms with van der Waals surface area (Å²) in [7, 11) is 0. The van der Waals surface area contributed by atoms with E-state index in [4.69, 9.17) is 5.73 Å². The fraction of sp³-hybridized carbons (Fsp3) is 0.571. The van der Waals surface area contributed by atoms with Crippen LogP contribution < -0.4 is 5.73 Å². The van der Waals surface area contributed by atoms with Crippen LogP contribution in [-0.4, -0.2) is 0 Å². The Balaban J connectivity index is 0.00000225. The van der Waals surface area contributed by atoms with Gasteiger partial charge in [0.15, 0.2) is 0 Å². The first-order valence-corrected chi connectivity index (χ1v) is 5.98. The van der Waals surface area contributed by atoms with Gasteiger partial charge in [-0.1, -0.05) is 44.4 Å². The average Bonchev–Trinajstić information content (AvgIpc) is 2.22. The molecule has 0 bridgehead atoms. The van der Waals surface area contributed by atoms with Gasteiger partial charge in [0.2, 0.25) is 0 Å². The molecule has 92 valence electrons. The van der Waals surface area contributed by atoms with E-state index in [2.05, 4.69) is 39.0 Å². The second-order valence-corrected chi connectivity index (χ2v) is 4.45. The summed E-state index contributed by atoms with van der Waals surface area (Å²) < 4.78 is 0. The number of benzene rings is 1. The fourth-order valence-electron chi connectivity index (χ4n) is 1.78. The fourth-order valence-corrected chi connectivity index (χ4v) is 1.78. The molecule has 1 nitrogen and oxygen atoms in total. The van der Waals surface area contributed by atoms with Crippen molar-refractivity contribution in [1.82, 2.24) is 0 Å². The van der Waals surface area contributed by atoms with Gasteiger partial charge in [0.05, 0.1) is 0 Å². The highest BCUT2D eigenvalue weighted by Gasteiger charge is 2.06. The molecule has 0 spiro atoms. The van der Waals surface area contributed by atoms with Gasteiger partial charge in [0, 0.05) is 6.04 Å². The van der Waals surface area contributed by atoms with Gasteiger partial charge in [0.25, 0.3) is 0 Å². The Morgan fingerprint density at radius 2 is 1.81 bits per heavy atom. The van der Waals surface area contributed by atoms with Crippen LogP contribution in [0.3, 0.4) is 0 Å². The van der Waals surface area contributed by atoms with Gasteiger partial charge in [-0.2, -0.15) is 0 Å². The second kappa shape index (κ2) is 7.70. The Hall–Kier alpha value is -0.530. The van der Waals surface area contributed by atoms with E-state index in [1.807, 2.05) is 0 Å². The van der Waals surface area contributed by atoms with Gasteiger partial charge in [0.1, 0.15) is 0 Å². The molecule has 1 aromatic carbocycles. The Morgan fingerprint density at radius 1 is 1.12 bits per heavy atom. The highest BCUT2D eigenvalue weighted by atomic mass is 35.5. The molecule has 1 atom stereocenters. The van der Waals surface area contributed by atoms with Crippen molar-refractivity contribution in [2.75, 3.05) is 0 Å². The van der Waals surface area contributed by atoms with Crippen molar-refractivity contribution in [3.8, 4) is 0 Å². The van der Waals surface area contributed by atoms with E-state index in [1.54, 1.807) is 0 Å². The number of aryl methyl sites for hydroxylation is 2. The predicted octanol–water partition coefficient (Wildman–Crippen LogP) is 4.31. The second-order valence-electron chi connectivity index (χ2n) is 4.45. The molecule has 0 amide bonds. The van der Waals surface area contributed by atoms with E-state index in [0.717, 1.165) is 6.42 Å². The summed E-state index contributed by atoms with van der Waals surface area (Å²) in [6, 6.07) is 6.78. The average molecular weight is 242 g/mol. The summed E-state index contributed by atoms with van der Waals surface area (Å²) in [6.07, 6.45) is 4.90. The van der Waals surface area contributed by atoms with Gasteiger partial charge in [-0.05, 0) is 37.0 Å². The van der Waals surface area contributed by atoms with Gasteiger partial charge >= 0.3 is 0 Å². The molecule has 1 rings (SSSR count). The van der Waals surface area contributed by atoms with E-state index in [9.17, 15) is 0 Å². The van der Waals surface area contributed by atoms with Crippen LogP contribution in [0.2, 0.25) is 0 Å². The molecule has 0 fully saturated rings. The largest absolute Gasteiger partial charge is 0.324 e. The van der Waals surface area contributed by atoms with E-state index in [0.29, 0.717) is 0 Å². The highest BCUT2D eigenvalue weighted by Crippen LogP contribution is 2.19. The van der Waals surface area contributed by atoms with Crippen molar-refractivity contribution in [2.24, 2.45) is 5.73 Å². The zero-order valence-electron chi connectivity index (χ0n) is 10.6. The number of nitrogens with two attached hydrogens (primary N) is 1. The van der Waals surface area contributed by atoms with E-state index < -0.39 is 0 Å². The maximum atomic E-state index is 6.15. The SMILES string of the molecule is CCCCC[C@H](N)c1ccc(C)c(C)c1.Cl. The third-order valence-electron chi connectivity index (χ3n) is 3.08. The Labute approximate surface area is 106 Å². The first kappa shape index (κ1) is 15.5. The zero-order chi connectivity index (χ0) is 11.3. The lowest BCUT2D eigenvalue weighted by Gasteiger charge is -2.13. The zero-order valence-corrected chi connectivity index (χ0v) is 11.4. The molecule has 0 aliphatic rings. The molecule has 0 radical (unpaired) electrons. The summed E-state index contributed by atoms with van der Waals surface area (Å²) >= 11 is 0. The van der Waals surface area contributed by atoms with Crippen LogP contribution in [-0.2, 0) is 0 Å². The van der Waals surface area contributed by atoms with Gasteiger partial charge in [-0.15, -0.1) is 12.4 Å². The molecule has 0 unspecified atom stereocenters. The summed E-state index contributed by atoms with van der Waals surface area (Å²) in [5.74, 6) is 0. The normalized spacial score (nSPS) is 12.0. The topological polar surface area (TPSA) is 26.0 Å². The number of hydrogen-bond donors (Lipinski definition) is 1. The molecule has 2 N–H and O–H groups in total. The minimum atomic E-state index is 0. The lowest BCUT2D eigenvalue weighted by atomic mass is 9.98. The molecule has 0 aromatic heterocycles. The molecular formula is C14H24ClN. The standard InChI is InChI=1S/C14H23N.ClH/c1-4-5-6-7-14(15)13-9-8-11(2)12(3)10-13;/h8-10,14H,4-7,15H2,1-3H3;1H/t14-;/m0./s1. The molecule has 1 aromatic rings. The first-order chi connectivity index (χ1) is 7.15. The van der Waals surface area contributed by atoms with Crippen LogP contribution in [0.25, 0.3) is 0 Å². The molecular weight excluding hydrogens is 218 g/mol. The van der Waals surface area contributed by atoms with Crippen LogP contribution in [0.1, 0.15) is 55.3 Å². The summed E-state index contributed by atoms with van der Waals surface area (Å²) in [4.78, 5) is 0. The van der Waals surface area contributed by atoms with E-state index in [1.165, 1.54) is 36.0 Å². The highest BCUT2D eigenvalue weighted by molar-refractivity contribution is 5.85. The molecule has 2 heteroatoms. The molecule has 0 heterocycles. The van der Waals surface area contributed by atoms with Crippen molar-refractivity contribution >= 4 is 12.4 Å². The van der Waals surface area contributed by atoms with Crippen molar-refractivity contribution in [1.29, 1.82) is 0 Å². The predicted molar refractivity (Wildman–Crippen MR) is 74.2 cm³/mol. The molecule has 0 saturated carbocycles. The van der Waals surface area contributed by atoms with Crippen LogP contribution >= 0.6 is 12.4 Å². The van der Waals surface area contributed by atoms with Crippen LogP contribution in [0.5, 0.6) is 0 Å². The third-order valence-corrected chi connectivity index (χ3v) is 3.08. The van der Waals surface area contributed by atoms with Crippen molar-refractivity contribution in [2.45, 2.75) is 52.5 Å². The summed E-state index contributed by atoms with van der Waals surface area (Å²) in [5, 5.41) is 0. The quantitative estimate of drug-likeness (QED) is 0.764. The maximum absolute atomic E-state index is 6.15. The van der Waals surface area contributed by atoms with Crippen LogP contribution in [0, 0.1) is 13.8 Å². The summed E-state index contributed by atoms with van der Waals surface area (Å²) in [5.41, 5.74) is 10.1. The molecule has 0 aliphatic carbocycles. The minimum absolute atomic E-state index is 0. The first-order valence-electron chi connectivity index (χ1n) is 5.98. The number of halogens is 1. The van der Waals surface area contributed by atoms with Crippen molar-refractivity contribution in [3.63, 3.8) is 0 Å². The Morgan fingerprint density at radius 3 is 2.38 bits per heavy atom. The van der Waals surface area contributed by atoms with Crippen molar-refractivity contribution < 1.29 is 0 Å². The van der Waals surface area contributed by atoms with E-state index >= 15 is 0 Å². The monoisotopic (exact) mass is 241 g/mol. The van der Waals surface area contributed by atoms with Crippen molar-refractivity contribution in [3.05, 3.63) is 34.9 Å². The number of hydrogen-bond acceptors (Lipinski definition) is 1. The van der Waals surface area contributed by atoms with Gasteiger partial charge in [-0.3, -0.25) is 0 Å². The van der Waals surface area contributed by atoms with Gasteiger partial charge in [-0.25, -0.2) is 0 Å². The van der Waals surface area contributed by atoms with Gasteiger partial charge < -0.3 is 5.73 Å². The Bertz CT molecular complexity index is 310. The van der Waals surface area contributed by atoms with Crippen LogP contribution in [0.4, 0.5) is 0 Å². The lowest BCUT2D eigenvalue weighted by Crippen LogP contribution is -2.10. The lowest BCUT2D eigenvalue weighted by molar-refractivity contribution is 0.581. The smallest absolute Gasteiger partial charge is 0.0294 e. The van der Waals surface area contributed by atoms with E-state index in [-0.39, 0.29) is 18.4 Å². The Kier molecular flexibility index (Phi) is 7.44. The van der Waals surface area contributed by atoms with Crippen LogP contribution in [0.15, 0.2) is 18.2 Å². The minimum Gasteiger partial charge on any atom is -0.324 e.